The molecule has 0 aromatic heterocycles. The highest BCUT2D eigenvalue weighted by Crippen LogP contribution is 2.40. The highest BCUT2D eigenvalue weighted by Gasteiger charge is 2.38. The predicted octanol–water partition coefficient (Wildman–Crippen LogP) is 2.29. The van der Waals surface area contributed by atoms with Crippen LogP contribution in [0.15, 0.2) is 0 Å². The van der Waals surface area contributed by atoms with E-state index in [1.54, 1.807) is 0 Å². The van der Waals surface area contributed by atoms with Crippen LogP contribution >= 0.6 is 21.6 Å². The number of aliphatic hydroxyl groups excluding tert-OH is 1. The molecule has 0 rings (SSSR count). The van der Waals surface area contributed by atoms with Gasteiger partial charge in [-0.3, -0.25) is 0 Å². The maximum atomic E-state index is 11.1. The molecule has 0 heterocycles. The topological polar surface area (TPSA) is 115 Å². The molecule has 0 spiro atoms. The van der Waals surface area contributed by atoms with Crippen molar-refractivity contribution in [2.45, 2.75) is 62.2 Å². The molecular formula is C12H22O6S2. The summed E-state index contributed by atoms with van der Waals surface area (Å²) in [7, 11) is 0.912. The van der Waals surface area contributed by atoms with Gasteiger partial charge in [-0.1, -0.05) is 39.0 Å². The van der Waals surface area contributed by atoms with E-state index < -0.39 is 22.3 Å². The van der Waals surface area contributed by atoms with Crippen LogP contribution in [-0.2, 0) is 9.59 Å². The Bertz CT molecular complexity index is 312. The normalized spacial score (nSPS) is 15.6. The van der Waals surface area contributed by atoms with Crippen LogP contribution in [0, 0.1) is 0 Å². The van der Waals surface area contributed by atoms with Gasteiger partial charge in [-0.25, -0.2) is 9.59 Å². The monoisotopic (exact) mass is 326 g/mol. The number of aliphatic hydroxyl groups is 2. The number of carbonyl (C=O) groups is 2. The minimum Gasteiger partial charge on any atom is -0.479 e. The third-order valence-electron chi connectivity index (χ3n) is 2.69. The summed E-state index contributed by atoms with van der Waals surface area (Å²) >= 11 is 0. The first-order chi connectivity index (χ1) is 9.33. The zero-order valence-corrected chi connectivity index (χ0v) is 13.1. The first kappa shape index (κ1) is 19.6. The van der Waals surface area contributed by atoms with Crippen molar-refractivity contribution in [3.63, 3.8) is 0 Å². The molecule has 0 bridgehead atoms. The van der Waals surface area contributed by atoms with Crippen LogP contribution in [0.2, 0.25) is 0 Å². The molecule has 0 aliphatic rings. The first-order valence-corrected chi connectivity index (χ1v) is 8.76. The Morgan fingerprint density at radius 2 is 1.65 bits per heavy atom. The van der Waals surface area contributed by atoms with Crippen LogP contribution < -0.4 is 0 Å². The SMILES string of the molecule is CCCCCCCCC(O)(SSC(O)C(=O)O)C(=O)O. The minimum atomic E-state index is -2.06. The van der Waals surface area contributed by atoms with Crippen LogP contribution in [-0.4, -0.2) is 42.7 Å². The van der Waals surface area contributed by atoms with Crippen molar-refractivity contribution in [2.75, 3.05) is 0 Å². The van der Waals surface area contributed by atoms with Gasteiger partial charge in [-0.05, 0) is 34.4 Å². The van der Waals surface area contributed by atoms with Crippen LogP contribution in [0.5, 0.6) is 0 Å². The first-order valence-electron chi connectivity index (χ1n) is 6.54. The molecule has 0 saturated carbocycles. The van der Waals surface area contributed by atoms with Gasteiger partial charge in [0.15, 0.2) is 0 Å². The lowest BCUT2D eigenvalue weighted by Crippen LogP contribution is -2.34. The fourth-order valence-corrected chi connectivity index (χ4v) is 3.59. The maximum Gasteiger partial charge on any atom is 0.347 e. The zero-order valence-electron chi connectivity index (χ0n) is 11.4. The van der Waals surface area contributed by atoms with Crippen molar-refractivity contribution in [3.05, 3.63) is 0 Å². The van der Waals surface area contributed by atoms with Gasteiger partial charge in [-0.15, -0.1) is 0 Å². The van der Waals surface area contributed by atoms with E-state index >= 15 is 0 Å². The van der Waals surface area contributed by atoms with Gasteiger partial charge in [0.1, 0.15) is 0 Å². The molecule has 0 aromatic carbocycles. The summed E-state index contributed by atoms with van der Waals surface area (Å²) in [4.78, 5) is 19.4. The molecule has 0 aromatic rings. The van der Waals surface area contributed by atoms with Crippen LogP contribution in [0.1, 0.15) is 51.9 Å². The second-order valence-corrected chi connectivity index (χ2v) is 7.04. The van der Waals surface area contributed by atoms with Crippen molar-refractivity contribution in [2.24, 2.45) is 0 Å². The van der Waals surface area contributed by atoms with E-state index in [0.29, 0.717) is 28.0 Å². The molecular weight excluding hydrogens is 304 g/mol. The second kappa shape index (κ2) is 10.3. The molecule has 0 fully saturated rings. The minimum absolute atomic E-state index is 0.0263. The van der Waals surface area contributed by atoms with E-state index in [1.807, 2.05) is 0 Å². The van der Waals surface area contributed by atoms with Gasteiger partial charge in [0.05, 0.1) is 0 Å². The third-order valence-corrected chi connectivity index (χ3v) is 5.49. The number of unbranched alkanes of at least 4 members (excludes halogenated alkanes) is 5. The lowest BCUT2D eigenvalue weighted by atomic mass is 10.1. The van der Waals surface area contributed by atoms with E-state index in [0.717, 1.165) is 32.1 Å². The van der Waals surface area contributed by atoms with Crippen molar-refractivity contribution in [3.8, 4) is 0 Å². The van der Waals surface area contributed by atoms with Crippen molar-refractivity contribution >= 4 is 33.5 Å². The number of hydrogen-bond acceptors (Lipinski definition) is 6. The van der Waals surface area contributed by atoms with Crippen molar-refractivity contribution in [1.29, 1.82) is 0 Å². The molecule has 8 heteroatoms. The summed E-state index contributed by atoms with van der Waals surface area (Å²) in [5, 5.41) is 36.6. The second-order valence-electron chi connectivity index (χ2n) is 4.48. The fraction of sp³-hybridized carbons (Fsp3) is 0.833. The summed E-state index contributed by atoms with van der Waals surface area (Å²) in [5.41, 5.74) is -1.75. The molecule has 4 N–H and O–H groups in total. The van der Waals surface area contributed by atoms with Crippen LogP contribution in [0.3, 0.4) is 0 Å². The van der Waals surface area contributed by atoms with Crippen LogP contribution in [0.4, 0.5) is 0 Å². The molecule has 118 valence electrons. The lowest BCUT2D eigenvalue weighted by Gasteiger charge is -2.22. The van der Waals surface area contributed by atoms with Crippen molar-refractivity contribution in [1.82, 2.24) is 0 Å². The molecule has 20 heavy (non-hydrogen) atoms. The Hall–Kier alpha value is -0.440. The maximum absolute atomic E-state index is 11.1. The molecule has 0 saturated heterocycles. The van der Waals surface area contributed by atoms with Gasteiger partial charge in [0, 0.05) is 0 Å². The smallest absolute Gasteiger partial charge is 0.347 e. The van der Waals surface area contributed by atoms with Gasteiger partial charge < -0.3 is 20.4 Å². The summed E-state index contributed by atoms with van der Waals surface area (Å²) in [5.74, 6) is -2.88. The predicted molar refractivity (Wildman–Crippen MR) is 79.4 cm³/mol. The fourth-order valence-electron chi connectivity index (χ4n) is 1.50. The quantitative estimate of drug-likeness (QED) is 0.245. The van der Waals surface area contributed by atoms with Crippen LogP contribution in [0.25, 0.3) is 0 Å². The van der Waals surface area contributed by atoms with Gasteiger partial charge in [0.2, 0.25) is 10.4 Å². The zero-order chi connectivity index (χ0) is 15.6. The Kier molecular flexibility index (Phi) is 10.1. The van der Waals surface area contributed by atoms with E-state index in [2.05, 4.69) is 6.92 Å². The number of carboxylic acid groups (broad SMARTS) is 2. The Morgan fingerprint density at radius 3 is 2.15 bits per heavy atom. The molecule has 2 unspecified atom stereocenters. The van der Waals surface area contributed by atoms with E-state index in [9.17, 15) is 14.7 Å². The standard InChI is InChI=1S/C12H22O6S2/c1-2-3-4-5-6-7-8-12(18,11(16)17)20-19-10(15)9(13)14/h10,15,18H,2-8H2,1H3,(H,13,14)(H,16,17). The largest absolute Gasteiger partial charge is 0.479 e. The van der Waals surface area contributed by atoms with E-state index in [-0.39, 0.29) is 6.42 Å². The summed E-state index contributed by atoms with van der Waals surface area (Å²) in [6.45, 7) is 2.10. The van der Waals surface area contributed by atoms with Gasteiger partial charge >= 0.3 is 11.9 Å². The lowest BCUT2D eigenvalue weighted by molar-refractivity contribution is -0.150. The Morgan fingerprint density at radius 1 is 1.10 bits per heavy atom. The molecule has 0 aliphatic heterocycles. The average Bonchev–Trinajstić information content (AvgIpc) is 2.39. The van der Waals surface area contributed by atoms with Gasteiger partial charge in [0.25, 0.3) is 0 Å². The highest BCUT2D eigenvalue weighted by molar-refractivity contribution is 8.77. The molecule has 0 amide bonds. The third kappa shape index (κ3) is 7.98. The van der Waals surface area contributed by atoms with E-state index in [1.165, 1.54) is 0 Å². The highest BCUT2D eigenvalue weighted by atomic mass is 33.1. The molecule has 0 aliphatic carbocycles. The molecule has 6 nitrogen and oxygen atoms in total. The summed E-state index contributed by atoms with van der Waals surface area (Å²) in [6, 6.07) is 0. The number of rotatable bonds is 12. The van der Waals surface area contributed by atoms with Gasteiger partial charge in [-0.2, -0.15) is 0 Å². The van der Waals surface area contributed by atoms with E-state index in [4.69, 9.17) is 15.3 Å². The average molecular weight is 326 g/mol. The number of aliphatic carboxylic acids is 2. The molecule has 2 atom stereocenters. The Balaban J connectivity index is 4.12. The summed E-state index contributed by atoms with van der Waals surface area (Å²) in [6.07, 6.45) is 5.72. The van der Waals surface area contributed by atoms with Crippen molar-refractivity contribution < 1.29 is 30.0 Å². The Labute approximate surface area is 126 Å². The molecule has 0 radical (unpaired) electrons. The summed E-state index contributed by atoms with van der Waals surface area (Å²) < 4.78 is 0. The number of hydrogen-bond donors (Lipinski definition) is 4. The number of carboxylic acids is 2.